The number of hydrogen-bond acceptors (Lipinski definition) is 3. The van der Waals surface area contributed by atoms with Crippen LogP contribution < -0.4 is 5.43 Å². The molecule has 0 fully saturated rings. The summed E-state index contributed by atoms with van der Waals surface area (Å²) in [5.41, 5.74) is 5.70. The number of hydrazone groups is 1. The van der Waals surface area contributed by atoms with Crippen LogP contribution in [-0.2, 0) is 7.05 Å². The minimum absolute atomic E-state index is 0.322. The summed E-state index contributed by atoms with van der Waals surface area (Å²) in [5, 5.41) is 11.7. The standard InChI is InChI=1S/C15H15N5O/c1-10-7-13(18-17-10)15(21)19-16-8-11-9-20(2)14-6-4-3-5-12(11)14/h3-9H,1-2H3,(H,17,18)(H,19,21). The summed E-state index contributed by atoms with van der Waals surface area (Å²) in [4.78, 5) is 11.8. The van der Waals surface area contributed by atoms with E-state index in [4.69, 9.17) is 0 Å². The first-order valence-corrected chi connectivity index (χ1v) is 6.54. The molecule has 0 aliphatic heterocycles. The molecule has 2 N–H and O–H groups in total. The smallest absolute Gasteiger partial charge is 0.291 e. The van der Waals surface area contributed by atoms with Crippen LogP contribution in [-0.4, -0.2) is 26.9 Å². The zero-order chi connectivity index (χ0) is 14.8. The second-order valence-corrected chi connectivity index (χ2v) is 4.85. The van der Waals surface area contributed by atoms with Crippen LogP contribution in [0.1, 0.15) is 21.7 Å². The van der Waals surface area contributed by atoms with Crippen molar-refractivity contribution in [1.82, 2.24) is 20.2 Å². The van der Waals surface area contributed by atoms with Gasteiger partial charge in [0.1, 0.15) is 0 Å². The van der Waals surface area contributed by atoms with Crippen LogP contribution in [0.3, 0.4) is 0 Å². The Morgan fingerprint density at radius 2 is 2.24 bits per heavy atom. The molecular formula is C15H15N5O. The van der Waals surface area contributed by atoms with Crippen molar-refractivity contribution in [2.45, 2.75) is 6.92 Å². The molecule has 106 valence electrons. The van der Waals surface area contributed by atoms with Gasteiger partial charge in [0.15, 0.2) is 5.69 Å². The highest BCUT2D eigenvalue weighted by molar-refractivity contribution is 6.00. The van der Waals surface area contributed by atoms with Crippen LogP contribution in [0.25, 0.3) is 10.9 Å². The number of aromatic amines is 1. The minimum Gasteiger partial charge on any atom is -0.350 e. The van der Waals surface area contributed by atoms with Gasteiger partial charge in [-0.15, -0.1) is 0 Å². The zero-order valence-electron chi connectivity index (χ0n) is 11.8. The van der Waals surface area contributed by atoms with Gasteiger partial charge in [-0.25, -0.2) is 5.43 Å². The Morgan fingerprint density at radius 3 is 3.00 bits per heavy atom. The Morgan fingerprint density at radius 1 is 1.43 bits per heavy atom. The second kappa shape index (κ2) is 5.24. The molecule has 2 aromatic heterocycles. The van der Waals surface area contributed by atoms with E-state index in [1.54, 1.807) is 12.3 Å². The van der Waals surface area contributed by atoms with Gasteiger partial charge in [0.05, 0.1) is 6.21 Å². The number of benzene rings is 1. The first-order chi connectivity index (χ1) is 10.1. The molecule has 6 heteroatoms. The molecule has 3 rings (SSSR count). The molecule has 0 saturated heterocycles. The summed E-state index contributed by atoms with van der Waals surface area (Å²) in [7, 11) is 1.98. The number of carbonyl (C=O) groups excluding carboxylic acids is 1. The van der Waals surface area contributed by atoms with Crippen LogP contribution in [0.15, 0.2) is 41.6 Å². The molecule has 3 aromatic rings. The van der Waals surface area contributed by atoms with Gasteiger partial charge in [-0.3, -0.25) is 9.89 Å². The van der Waals surface area contributed by atoms with Crippen molar-refractivity contribution >= 4 is 23.0 Å². The van der Waals surface area contributed by atoms with E-state index in [-0.39, 0.29) is 5.91 Å². The van der Waals surface area contributed by atoms with E-state index in [9.17, 15) is 4.79 Å². The first kappa shape index (κ1) is 13.1. The molecular weight excluding hydrogens is 266 g/mol. The fourth-order valence-corrected chi connectivity index (χ4v) is 2.23. The third-order valence-electron chi connectivity index (χ3n) is 3.24. The van der Waals surface area contributed by atoms with Gasteiger partial charge in [0, 0.05) is 35.4 Å². The summed E-state index contributed by atoms with van der Waals surface area (Å²) >= 11 is 0. The van der Waals surface area contributed by atoms with E-state index < -0.39 is 0 Å². The Bertz CT molecular complexity index is 828. The zero-order valence-corrected chi connectivity index (χ0v) is 11.8. The summed E-state index contributed by atoms with van der Waals surface area (Å²) in [6.07, 6.45) is 3.61. The summed E-state index contributed by atoms with van der Waals surface area (Å²) in [5.74, 6) is -0.337. The van der Waals surface area contributed by atoms with Crippen LogP contribution >= 0.6 is 0 Å². The van der Waals surface area contributed by atoms with Gasteiger partial charge >= 0.3 is 0 Å². The van der Waals surface area contributed by atoms with Crippen molar-refractivity contribution in [3.63, 3.8) is 0 Å². The minimum atomic E-state index is -0.337. The lowest BCUT2D eigenvalue weighted by Crippen LogP contribution is -2.17. The van der Waals surface area contributed by atoms with Gasteiger partial charge in [0.25, 0.3) is 5.91 Å². The van der Waals surface area contributed by atoms with Crippen LogP contribution in [0.4, 0.5) is 0 Å². The van der Waals surface area contributed by atoms with Crippen molar-refractivity contribution in [3.8, 4) is 0 Å². The van der Waals surface area contributed by atoms with Crippen molar-refractivity contribution in [1.29, 1.82) is 0 Å². The molecule has 1 amide bonds. The predicted octanol–water partition coefficient (Wildman–Crippen LogP) is 1.97. The molecule has 0 atom stereocenters. The number of H-pyrrole nitrogens is 1. The molecule has 0 unspecified atom stereocenters. The van der Waals surface area contributed by atoms with Gasteiger partial charge in [0.2, 0.25) is 0 Å². The molecule has 0 spiro atoms. The molecule has 6 nitrogen and oxygen atoms in total. The Balaban J connectivity index is 1.78. The number of amides is 1. The number of nitrogens with one attached hydrogen (secondary N) is 2. The molecule has 0 saturated carbocycles. The molecule has 0 aliphatic rings. The van der Waals surface area contributed by atoms with E-state index in [0.717, 1.165) is 22.2 Å². The number of hydrogen-bond donors (Lipinski definition) is 2. The van der Waals surface area contributed by atoms with Gasteiger partial charge in [-0.05, 0) is 19.1 Å². The number of nitrogens with zero attached hydrogens (tertiary/aromatic N) is 3. The molecule has 0 radical (unpaired) electrons. The Hall–Kier alpha value is -2.89. The monoisotopic (exact) mass is 281 g/mol. The topological polar surface area (TPSA) is 75.1 Å². The molecule has 0 aliphatic carbocycles. The quantitative estimate of drug-likeness (QED) is 0.569. The van der Waals surface area contributed by atoms with E-state index in [2.05, 4.69) is 20.7 Å². The molecule has 1 aromatic carbocycles. The molecule has 0 bridgehead atoms. The second-order valence-electron chi connectivity index (χ2n) is 4.85. The third kappa shape index (κ3) is 2.55. The Kier molecular flexibility index (Phi) is 3.27. The number of rotatable bonds is 3. The third-order valence-corrected chi connectivity index (χ3v) is 3.24. The lowest BCUT2D eigenvalue weighted by Gasteiger charge is -1.94. The maximum absolute atomic E-state index is 11.8. The summed E-state index contributed by atoms with van der Waals surface area (Å²) < 4.78 is 2.02. The highest BCUT2D eigenvalue weighted by Gasteiger charge is 2.08. The highest BCUT2D eigenvalue weighted by Crippen LogP contribution is 2.18. The van der Waals surface area contributed by atoms with Crippen LogP contribution in [0.2, 0.25) is 0 Å². The fourth-order valence-electron chi connectivity index (χ4n) is 2.23. The number of fused-ring (bicyclic) bond motifs is 1. The fraction of sp³-hybridized carbons (Fsp3) is 0.133. The largest absolute Gasteiger partial charge is 0.350 e. The normalized spacial score (nSPS) is 11.3. The van der Waals surface area contributed by atoms with Crippen LogP contribution in [0.5, 0.6) is 0 Å². The van der Waals surface area contributed by atoms with E-state index in [0.29, 0.717) is 5.69 Å². The highest BCUT2D eigenvalue weighted by atomic mass is 16.2. The number of aromatic nitrogens is 3. The number of para-hydroxylation sites is 1. The molecule has 2 heterocycles. The van der Waals surface area contributed by atoms with Gasteiger partial charge in [-0.1, -0.05) is 18.2 Å². The lowest BCUT2D eigenvalue weighted by atomic mass is 10.2. The van der Waals surface area contributed by atoms with E-state index in [1.807, 2.05) is 49.0 Å². The maximum Gasteiger partial charge on any atom is 0.291 e. The van der Waals surface area contributed by atoms with Crippen LogP contribution in [0, 0.1) is 6.92 Å². The predicted molar refractivity (Wildman–Crippen MR) is 81.3 cm³/mol. The average Bonchev–Trinajstić information content (AvgIpc) is 3.04. The van der Waals surface area contributed by atoms with Gasteiger partial charge < -0.3 is 4.57 Å². The maximum atomic E-state index is 11.8. The summed E-state index contributed by atoms with van der Waals surface area (Å²) in [6, 6.07) is 9.70. The average molecular weight is 281 g/mol. The Labute approximate surface area is 121 Å². The summed E-state index contributed by atoms with van der Waals surface area (Å²) in [6.45, 7) is 1.84. The lowest BCUT2D eigenvalue weighted by molar-refractivity contribution is 0.0950. The van der Waals surface area contributed by atoms with Crippen molar-refractivity contribution in [2.24, 2.45) is 12.1 Å². The van der Waals surface area contributed by atoms with Gasteiger partial charge in [-0.2, -0.15) is 10.2 Å². The number of carbonyl (C=O) groups is 1. The van der Waals surface area contributed by atoms with Crippen molar-refractivity contribution in [2.75, 3.05) is 0 Å². The van der Waals surface area contributed by atoms with E-state index >= 15 is 0 Å². The SMILES string of the molecule is Cc1cc(C(=O)NN=Cc2cn(C)c3ccccc23)n[nH]1. The molecule has 21 heavy (non-hydrogen) atoms. The van der Waals surface area contributed by atoms with E-state index in [1.165, 1.54) is 0 Å². The first-order valence-electron chi connectivity index (χ1n) is 6.54. The van der Waals surface area contributed by atoms with Crippen molar-refractivity contribution < 1.29 is 4.79 Å². The van der Waals surface area contributed by atoms with Crippen molar-refractivity contribution in [3.05, 3.63) is 53.5 Å². The number of aryl methyl sites for hydroxylation is 2.